The first-order valence-electron chi connectivity index (χ1n) is 9.61. The lowest BCUT2D eigenvalue weighted by Crippen LogP contribution is -2.38. The largest absolute Gasteiger partial charge is 0.335 e. The minimum Gasteiger partial charge on any atom is -0.335 e. The van der Waals surface area contributed by atoms with Gasteiger partial charge in [0.2, 0.25) is 5.91 Å². The van der Waals surface area contributed by atoms with Crippen LogP contribution in [0.3, 0.4) is 0 Å². The predicted molar refractivity (Wildman–Crippen MR) is 102 cm³/mol. The zero-order chi connectivity index (χ0) is 18.3. The van der Waals surface area contributed by atoms with Crippen molar-refractivity contribution in [2.24, 2.45) is 13.0 Å². The zero-order valence-corrected chi connectivity index (χ0v) is 15.9. The number of likely N-dealkylation sites (tertiary alicyclic amines) is 1. The molecule has 0 bridgehead atoms. The number of carbonyl (C=O) groups is 1. The number of aromatic nitrogens is 2. The molecule has 2 aliphatic rings. The van der Waals surface area contributed by atoms with Crippen LogP contribution in [0.4, 0.5) is 0 Å². The molecular weight excluding hydrogens is 324 g/mol. The molecule has 3 atom stereocenters. The molecule has 1 unspecified atom stereocenters. The molecule has 0 saturated carbocycles. The number of rotatable bonds is 3. The second-order valence-corrected chi connectivity index (χ2v) is 7.85. The van der Waals surface area contributed by atoms with Crippen LogP contribution in [0.2, 0.25) is 0 Å². The molecule has 2 fully saturated rings. The van der Waals surface area contributed by atoms with Crippen molar-refractivity contribution < 1.29 is 4.79 Å². The van der Waals surface area contributed by atoms with E-state index in [9.17, 15) is 4.79 Å². The molecule has 4 rings (SSSR count). The van der Waals surface area contributed by atoms with Crippen molar-refractivity contribution in [3.05, 3.63) is 52.8 Å². The van der Waals surface area contributed by atoms with Crippen LogP contribution in [0.5, 0.6) is 0 Å². The molecule has 0 spiro atoms. The molecule has 26 heavy (non-hydrogen) atoms. The third kappa shape index (κ3) is 3.05. The van der Waals surface area contributed by atoms with Crippen LogP contribution >= 0.6 is 0 Å². The Balaban J connectivity index is 1.57. The summed E-state index contributed by atoms with van der Waals surface area (Å²) in [6.07, 6.45) is 6.10. The Morgan fingerprint density at radius 1 is 1.19 bits per heavy atom. The molecule has 5 nitrogen and oxygen atoms in total. The molecule has 0 radical (unpaired) electrons. The van der Waals surface area contributed by atoms with Crippen molar-refractivity contribution in [3.63, 3.8) is 0 Å². The smallest absolute Gasteiger partial charge is 0.228 e. The van der Waals surface area contributed by atoms with Gasteiger partial charge in [0.1, 0.15) is 0 Å². The predicted octanol–water partition coefficient (Wildman–Crippen LogP) is 2.70. The lowest BCUT2D eigenvalue weighted by molar-refractivity contribution is -0.136. The van der Waals surface area contributed by atoms with Crippen LogP contribution < -0.4 is 5.32 Å². The first-order valence-corrected chi connectivity index (χ1v) is 9.61. The molecule has 1 aromatic heterocycles. The summed E-state index contributed by atoms with van der Waals surface area (Å²) in [5.74, 6) is 0.521. The van der Waals surface area contributed by atoms with E-state index < -0.39 is 0 Å². The van der Waals surface area contributed by atoms with Gasteiger partial charge >= 0.3 is 0 Å². The molecule has 2 aromatic rings. The number of amides is 1. The Labute approximate surface area is 155 Å². The van der Waals surface area contributed by atoms with Gasteiger partial charge in [0.25, 0.3) is 0 Å². The summed E-state index contributed by atoms with van der Waals surface area (Å²) in [5, 5.41) is 7.72. The third-order valence-corrected chi connectivity index (χ3v) is 6.14. The van der Waals surface area contributed by atoms with Gasteiger partial charge in [-0.3, -0.25) is 9.48 Å². The standard InChI is InChI=1S/C21H28N4O/c1-14-6-7-16(9-15(14)2)20-5-4-8-25(20)21(26)19-12-22-11-18(19)17-10-23-24(3)13-17/h6-7,9-10,13,18-20,22H,4-5,8,11-12H2,1-3H3/t18-,19+,20?/m1/s1. The van der Waals surface area contributed by atoms with Crippen molar-refractivity contribution in [2.45, 2.75) is 38.6 Å². The summed E-state index contributed by atoms with van der Waals surface area (Å²) >= 11 is 0. The quantitative estimate of drug-likeness (QED) is 0.924. The third-order valence-electron chi connectivity index (χ3n) is 6.14. The van der Waals surface area contributed by atoms with Gasteiger partial charge in [0.05, 0.1) is 18.2 Å². The topological polar surface area (TPSA) is 50.2 Å². The van der Waals surface area contributed by atoms with Crippen LogP contribution in [-0.4, -0.2) is 40.2 Å². The number of benzene rings is 1. The highest BCUT2D eigenvalue weighted by atomic mass is 16.2. The summed E-state index contributed by atoms with van der Waals surface area (Å²) in [6, 6.07) is 6.86. The minimum absolute atomic E-state index is 0.00588. The van der Waals surface area contributed by atoms with E-state index in [0.717, 1.165) is 38.0 Å². The molecule has 138 valence electrons. The molecule has 3 heterocycles. The number of hydrogen-bond donors (Lipinski definition) is 1. The zero-order valence-electron chi connectivity index (χ0n) is 15.9. The van der Waals surface area contributed by atoms with Crippen molar-refractivity contribution >= 4 is 5.91 Å². The average Bonchev–Trinajstić information content (AvgIpc) is 3.35. The first kappa shape index (κ1) is 17.3. The Hall–Kier alpha value is -2.14. The lowest BCUT2D eigenvalue weighted by Gasteiger charge is -2.30. The molecule has 2 aliphatic heterocycles. The fourth-order valence-electron chi connectivity index (χ4n) is 4.48. The van der Waals surface area contributed by atoms with Gasteiger partial charge in [-0.2, -0.15) is 5.10 Å². The minimum atomic E-state index is 0.00588. The SMILES string of the molecule is Cc1ccc(C2CCCN2C(=O)[C@H]2CNC[C@@H]2c2cnn(C)c2)cc1C. The highest BCUT2D eigenvalue weighted by Crippen LogP contribution is 2.37. The molecule has 2 saturated heterocycles. The Morgan fingerprint density at radius 3 is 2.77 bits per heavy atom. The van der Waals surface area contributed by atoms with E-state index in [-0.39, 0.29) is 17.9 Å². The summed E-state index contributed by atoms with van der Waals surface area (Å²) < 4.78 is 1.82. The highest BCUT2D eigenvalue weighted by Gasteiger charge is 2.40. The number of nitrogens with one attached hydrogen (secondary N) is 1. The van der Waals surface area contributed by atoms with E-state index in [1.807, 2.05) is 24.1 Å². The van der Waals surface area contributed by atoms with Gasteiger partial charge < -0.3 is 10.2 Å². The maximum absolute atomic E-state index is 13.4. The van der Waals surface area contributed by atoms with Gasteiger partial charge in [-0.25, -0.2) is 0 Å². The lowest BCUT2D eigenvalue weighted by atomic mass is 9.89. The summed E-state index contributed by atoms with van der Waals surface area (Å²) in [6.45, 7) is 6.77. The Kier molecular flexibility index (Phi) is 4.57. The van der Waals surface area contributed by atoms with Crippen LogP contribution in [-0.2, 0) is 11.8 Å². The second kappa shape index (κ2) is 6.88. The van der Waals surface area contributed by atoms with Gasteiger partial charge in [-0.15, -0.1) is 0 Å². The monoisotopic (exact) mass is 352 g/mol. The molecule has 0 aliphatic carbocycles. The second-order valence-electron chi connectivity index (χ2n) is 7.85. The van der Waals surface area contributed by atoms with Crippen LogP contribution in [0, 0.1) is 19.8 Å². The van der Waals surface area contributed by atoms with Gasteiger partial charge in [0.15, 0.2) is 0 Å². The number of nitrogens with zero attached hydrogens (tertiary/aromatic N) is 3. The van der Waals surface area contributed by atoms with E-state index in [1.165, 1.54) is 16.7 Å². The van der Waals surface area contributed by atoms with Gasteiger partial charge in [-0.1, -0.05) is 18.2 Å². The Bertz CT molecular complexity index is 812. The molecule has 1 N–H and O–H groups in total. The molecule has 5 heteroatoms. The van der Waals surface area contributed by atoms with Crippen LogP contribution in [0.15, 0.2) is 30.6 Å². The average molecular weight is 352 g/mol. The highest BCUT2D eigenvalue weighted by molar-refractivity contribution is 5.81. The van der Waals surface area contributed by atoms with Crippen molar-refractivity contribution in [2.75, 3.05) is 19.6 Å². The summed E-state index contributed by atoms with van der Waals surface area (Å²) in [7, 11) is 1.93. The normalized spacial score (nSPS) is 25.8. The Morgan fingerprint density at radius 2 is 2.04 bits per heavy atom. The maximum atomic E-state index is 13.4. The van der Waals surface area contributed by atoms with Crippen molar-refractivity contribution in [1.29, 1.82) is 0 Å². The molecular formula is C21H28N4O. The molecule has 1 amide bonds. The maximum Gasteiger partial charge on any atom is 0.228 e. The summed E-state index contributed by atoms with van der Waals surface area (Å²) in [5.41, 5.74) is 5.06. The van der Waals surface area contributed by atoms with Crippen LogP contribution in [0.1, 0.15) is 47.1 Å². The summed E-state index contributed by atoms with van der Waals surface area (Å²) in [4.78, 5) is 15.6. The van der Waals surface area contributed by atoms with Gasteiger partial charge in [-0.05, 0) is 48.9 Å². The first-order chi connectivity index (χ1) is 12.5. The number of carbonyl (C=O) groups excluding carboxylic acids is 1. The van der Waals surface area contributed by atoms with E-state index in [1.54, 1.807) is 0 Å². The van der Waals surface area contributed by atoms with Crippen molar-refractivity contribution in [3.8, 4) is 0 Å². The van der Waals surface area contributed by atoms with Crippen LogP contribution in [0.25, 0.3) is 0 Å². The van der Waals surface area contributed by atoms with E-state index in [4.69, 9.17) is 0 Å². The van der Waals surface area contributed by atoms with Gasteiger partial charge in [0, 0.05) is 38.8 Å². The van der Waals surface area contributed by atoms with E-state index in [2.05, 4.69) is 47.4 Å². The van der Waals surface area contributed by atoms with Crippen molar-refractivity contribution in [1.82, 2.24) is 20.0 Å². The van der Waals surface area contributed by atoms with E-state index >= 15 is 0 Å². The van der Waals surface area contributed by atoms with E-state index in [0.29, 0.717) is 5.91 Å². The number of hydrogen-bond acceptors (Lipinski definition) is 3. The fourth-order valence-corrected chi connectivity index (χ4v) is 4.48. The fraction of sp³-hybridized carbons (Fsp3) is 0.524. The molecule has 1 aromatic carbocycles. The number of aryl methyl sites for hydroxylation is 3.